The van der Waals surface area contributed by atoms with Gasteiger partial charge in [-0.3, -0.25) is 15.1 Å². The average Bonchev–Trinajstić information content (AvgIpc) is 3.06. The van der Waals surface area contributed by atoms with E-state index >= 15 is 0 Å². The molecular formula is C9H19N3O3. The fraction of sp³-hybridized carbons (Fsp3) is 0.889. The van der Waals surface area contributed by atoms with E-state index in [0.717, 1.165) is 12.8 Å². The van der Waals surface area contributed by atoms with Gasteiger partial charge in [0, 0.05) is 19.7 Å². The van der Waals surface area contributed by atoms with Crippen molar-refractivity contribution in [3.8, 4) is 0 Å². The van der Waals surface area contributed by atoms with Gasteiger partial charge in [-0.25, -0.2) is 5.84 Å². The molecule has 0 aromatic rings. The number of carbonyl (C=O) groups excluding carboxylic acids is 1. The smallest absolute Gasteiger partial charge is 0.253 e. The maximum atomic E-state index is 11.5. The highest BCUT2D eigenvalue weighted by Crippen LogP contribution is 2.28. The number of nitrogens with one attached hydrogen (secondary N) is 1. The largest absolute Gasteiger partial charge is 0.395 e. The van der Waals surface area contributed by atoms with Crippen LogP contribution in [0.25, 0.3) is 0 Å². The summed E-state index contributed by atoms with van der Waals surface area (Å²) in [4.78, 5) is 13.5. The molecule has 0 aromatic heterocycles. The van der Waals surface area contributed by atoms with Gasteiger partial charge in [0.1, 0.15) is 6.04 Å². The number of rotatable bonds is 7. The molecule has 0 saturated heterocycles. The van der Waals surface area contributed by atoms with Crippen LogP contribution >= 0.6 is 0 Å². The van der Waals surface area contributed by atoms with Crippen LogP contribution in [0.4, 0.5) is 0 Å². The van der Waals surface area contributed by atoms with Gasteiger partial charge in [-0.15, -0.1) is 0 Å². The Bertz CT molecular complexity index is 209. The molecule has 1 amide bonds. The Hall–Kier alpha value is -0.690. The van der Waals surface area contributed by atoms with Gasteiger partial charge in [0.15, 0.2) is 0 Å². The van der Waals surface area contributed by atoms with Crippen LogP contribution in [0.1, 0.15) is 12.8 Å². The van der Waals surface area contributed by atoms with E-state index in [1.807, 2.05) is 4.90 Å². The van der Waals surface area contributed by atoms with Crippen LogP contribution in [0.15, 0.2) is 0 Å². The molecular weight excluding hydrogens is 198 g/mol. The number of hydrogen-bond acceptors (Lipinski definition) is 5. The third-order valence-electron chi connectivity index (χ3n) is 2.54. The summed E-state index contributed by atoms with van der Waals surface area (Å²) in [6.45, 7) is 0.806. The van der Waals surface area contributed by atoms with E-state index in [9.17, 15) is 4.79 Å². The number of aliphatic hydroxyl groups is 1. The first-order chi connectivity index (χ1) is 7.24. The SMILES string of the molecule is COCC(C(=O)NN)N(CCO)C1CC1. The highest BCUT2D eigenvalue weighted by molar-refractivity contribution is 5.81. The highest BCUT2D eigenvalue weighted by Gasteiger charge is 2.36. The lowest BCUT2D eigenvalue weighted by atomic mass is 10.2. The molecule has 1 aliphatic rings. The van der Waals surface area contributed by atoms with Crippen LogP contribution < -0.4 is 11.3 Å². The summed E-state index contributed by atoms with van der Waals surface area (Å²) in [5, 5.41) is 8.94. The summed E-state index contributed by atoms with van der Waals surface area (Å²) in [5.74, 6) is 4.85. The van der Waals surface area contributed by atoms with E-state index in [0.29, 0.717) is 19.2 Å². The van der Waals surface area contributed by atoms with Crippen LogP contribution in [0.2, 0.25) is 0 Å². The predicted octanol–water partition coefficient (Wildman–Crippen LogP) is -1.55. The molecule has 0 aromatic carbocycles. The van der Waals surface area contributed by atoms with Crippen LogP contribution in [0, 0.1) is 0 Å². The number of amides is 1. The van der Waals surface area contributed by atoms with Gasteiger partial charge in [-0.1, -0.05) is 0 Å². The number of methoxy groups -OCH3 is 1. The lowest BCUT2D eigenvalue weighted by Crippen LogP contribution is -2.53. The molecule has 0 heterocycles. The molecule has 4 N–H and O–H groups in total. The molecule has 1 saturated carbocycles. The fourth-order valence-electron chi connectivity index (χ4n) is 1.69. The summed E-state index contributed by atoms with van der Waals surface area (Å²) in [5.41, 5.74) is 2.13. The number of nitrogens with two attached hydrogens (primary N) is 1. The molecule has 0 spiro atoms. The van der Waals surface area contributed by atoms with Gasteiger partial charge < -0.3 is 9.84 Å². The minimum absolute atomic E-state index is 0.0363. The van der Waals surface area contributed by atoms with Gasteiger partial charge in [0.2, 0.25) is 0 Å². The molecule has 1 rings (SSSR count). The first-order valence-electron chi connectivity index (χ1n) is 5.10. The Kier molecular flexibility index (Phi) is 4.97. The summed E-state index contributed by atoms with van der Waals surface area (Å²) < 4.78 is 4.99. The van der Waals surface area contributed by atoms with Crippen molar-refractivity contribution in [2.75, 3.05) is 26.9 Å². The minimum atomic E-state index is -0.403. The fourth-order valence-corrected chi connectivity index (χ4v) is 1.69. The van der Waals surface area contributed by atoms with E-state index in [1.165, 1.54) is 0 Å². The molecule has 6 heteroatoms. The second-order valence-electron chi connectivity index (χ2n) is 3.67. The Labute approximate surface area is 89.3 Å². The molecule has 0 radical (unpaired) electrons. The second kappa shape index (κ2) is 6.02. The van der Waals surface area contributed by atoms with Crippen LogP contribution in [-0.4, -0.2) is 54.9 Å². The molecule has 1 unspecified atom stereocenters. The van der Waals surface area contributed by atoms with Gasteiger partial charge in [0.05, 0.1) is 13.2 Å². The van der Waals surface area contributed by atoms with Gasteiger partial charge in [0.25, 0.3) is 5.91 Å². The van der Waals surface area contributed by atoms with Crippen molar-refractivity contribution < 1.29 is 14.6 Å². The standard InChI is InChI=1S/C9H19N3O3/c1-15-6-8(9(14)11-10)12(4-5-13)7-2-3-7/h7-8,13H,2-6,10H2,1H3,(H,11,14). The Balaban J connectivity index is 2.60. The van der Waals surface area contributed by atoms with Crippen molar-refractivity contribution in [2.45, 2.75) is 24.9 Å². The van der Waals surface area contributed by atoms with Crippen molar-refractivity contribution in [3.63, 3.8) is 0 Å². The molecule has 88 valence electrons. The molecule has 0 aliphatic heterocycles. The first kappa shape index (κ1) is 12.4. The monoisotopic (exact) mass is 217 g/mol. The first-order valence-corrected chi connectivity index (χ1v) is 5.10. The van der Waals surface area contributed by atoms with Crippen molar-refractivity contribution in [3.05, 3.63) is 0 Å². The summed E-state index contributed by atoms with van der Waals surface area (Å²) >= 11 is 0. The molecule has 1 fully saturated rings. The van der Waals surface area contributed by atoms with E-state index < -0.39 is 6.04 Å². The number of carbonyl (C=O) groups is 1. The third-order valence-corrected chi connectivity index (χ3v) is 2.54. The average molecular weight is 217 g/mol. The predicted molar refractivity (Wildman–Crippen MR) is 54.8 cm³/mol. The van der Waals surface area contributed by atoms with E-state index in [1.54, 1.807) is 7.11 Å². The van der Waals surface area contributed by atoms with E-state index in [4.69, 9.17) is 15.7 Å². The Morgan fingerprint density at radius 3 is 2.80 bits per heavy atom. The minimum Gasteiger partial charge on any atom is -0.395 e. The number of hydrazine groups is 1. The normalized spacial score (nSPS) is 17.9. The van der Waals surface area contributed by atoms with Crippen molar-refractivity contribution in [2.24, 2.45) is 5.84 Å². The Morgan fingerprint density at radius 1 is 1.73 bits per heavy atom. The van der Waals surface area contributed by atoms with Gasteiger partial charge in [-0.2, -0.15) is 0 Å². The van der Waals surface area contributed by atoms with E-state index in [2.05, 4.69) is 5.43 Å². The van der Waals surface area contributed by atoms with Crippen molar-refractivity contribution in [1.82, 2.24) is 10.3 Å². The molecule has 6 nitrogen and oxygen atoms in total. The van der Waals surface area contributed by atoms with Crippen LogP contribution in [0.5, 0.6) is 0 Å². The van der Waals surface area contributed by atoms with E-state index in [-0.39, 0.29) is 12.5 Å². The summed E-state index contributed by atoms with van der Waals surface area (Å²) in [6.07, 6.45) is 2.14. The maximum Gasteiger partial charge on any atom is 0.253 e. The van der Waals surface area contributed by atoms with Crippen LogP contribution in [0.3, 0.4) is 0 Å². The third kappa shape index (κ3) is 3.42. The molecule has 0 bridgehead atoms. The van der Waals surface area contributed by atoms with Crippen molar-refractivity contribution in [1.29, 1.82) is 0 Å². The Morgan fingerprint density at radius 2 is 2.40 bits per heavy atom. The van der Waals surface area contributed by atoms with Crippen molar-refractivity contribution >= 4 is 5.91 Å². The second-order valence-corrected chi connectivity index (χ2v) is 3.67. The summed E-state index contributed by atoms with van der Waals surface area (Å²) in [7, 11) is 1.54. The van der Waals surface area contributed by atoms with Gasteiger partial charge in [-0.05, 0) is 12.8 Å². The zero-order valence-electron chi connectivity index (χ0n) is 8.98. The quantitative estimate of drug-likeness (QED) is 0.273. The molecule has 1 atom stereocenters. The number of aliphatic hydroxyl groups excluding tert-OH is 1. The highest BCUT2D eigenvalue weighted by atomic mass is 16.5. The topological polar surface area (TPSA) is 87.8 Å². The molecule has 1 aliphatic carbocycles. The lowest BCUT2D eigenvalue weighted by molar-refractivity contribution is -0.129. The zero-order valence-corrected chi connectivity index (χ0v) is 8.98. The number of hydrogen-bond donors (Lipinski definition) is 3. The molecule has 15 heavy (non-hydrogen) atoms. The zero-order chi connectivity index (χ0) is 11.3. The van der Waals surface area contributed by atoms with Gasteiger partial charge >= 0.3 is 0 Å². The lowest BCUT2D eigenvalue weighted by Gasteiger charge is -2.29. The van der Waals surface area contributed by atoms with Crippen LogP contribution in [-0.2, 0) is 9.53 Å². The summed E-state index contributed by atoms with van der Waals surface area (Å²) in [6, 6.07) is -0.0192. The number of ether oxygens (including phenoxy) is 1. The number of nitrogens with zero attached hydrogens (tertiary/aromatic N) is 1. The maximum absolute atomic E-state index is 11.5.